The molecule has 0 aromatic heterocycles. The Kier molecular flexibility index (Phi) is 4.43. The van der Waals surface area contributed by atoms with Crippen molar-refractivity contribution >= 4 is 28.6 Å². The van der Waals surface area contributed by atoms with Crippen LogP contribution in [0.3, 0.4) is 0 Å². The van der Waals surface area contributed by atoms with Crippen LogP contribution < -0.4 is 0 Å². The lowest BCUT2D eigenvalue weighted by Crippen LogP contribution is -2.42. The lowest BCUT2D eigenvalue weighted by Gasteiger charge is -2.32. The van der Waals surface area contributed by atoms with Gasteiger partial charge in [-0.2, -0.15) is 0 Å². The average molecular weight is 285 g/mol. The standard InChI is InChI=1S/C13H19NO4S/c1-13(2)7-9(15)11(10(16)8-13)12(17)19-14-3-5-18-6-4-14/h11H,3-8H2,1-2H3. The van der Waals surface area contributed by atoms with Gasteiger partial charge in [0, 0.05) is 25.9 Å². The molecule has 5 nitrogen and oxygen atoms in total. The van der Waals surface area contributed by atoms with Crippen LogP contribution in [0.2, 0.25) is 0 Å². The van der Waals surface area contributed by atoms with Crippen LogP contribution in [0.1, 0.15) is 26.7 Å². The van der Waals surface area contributed by atoms with Crippen molar-refractivity contribution in [2.24, 2.45) is 11.3 Å². The number of carbonyl (C=O) groups is 3. The van der Waals surface area contributed by atoms with Crippen molar-refractivity contribution in [3.63, 3.8) is 0 Å². The van der Waals surface area contributed by atoms with E-state index in [1.165, 1.54) is 0 Å². The molecule has 1 aliphatic carbocycles. The van der Waals surface area contributed by atoms with Crippen molar-refractivity contribution in [3.05, 3.63) is 0 Å². The van der Waals surface area contributed by atoms with Gasteiger partial charge in [0.1, 0.15) is 5.92 Å². The zero-order chi connectivity index (χ0) is 14.0. The SMILES string of the molecule is CC1(C)CC(=O)C(C(=O)SN2CCOCC2)C(=O)C1. The van der Waals surface area contributed by atoms with Gasteiger partial charge < -0.3 is 4.74 Å². The monoisotopic (exact) mass is 285 g/mol. The number of carbonyl (C=O) groups excluding carboxylic acids is 3. The molecule has 2 rings (SSSR count). The van der Waals surface area contributed by atoms with Gasteiger partial charge in [0.05, 0.1) is 13.2 Å². The van der Waals surface area contributed by atoms with E-state index in [0.717, 1.165) is 11.9 Å². The van der Waals surface area contributed by atoms with Gasteiger partial charge in [0.15, 0.2) is 11.6 Å². The summed E-state index contributed by atoms with van der Waals surface area (Å²) in [6.45, 7) is 6.24. The molecule has 0 bridgehead atoms. The van der Waals surface area contributed by atoms with E-state index < -0.39 is 5.92 Å². The smallest absolute Gasteiger partial charge is 0.221 e. The Morgan fingerprint density at radius 1 is 1.21 bits per heavy atom. The largest absolute Gasteiger partial charge is 0.379 e. The number of hydrogen-bond acceptors (Lipinski definition) is 6. The molecule has 0 radical (unpaired) electrons. The summed E-state index contributed by atoms with van der Waals surface area (Å²) in [6.07, 6.45) is 0.609. The van der Waals surface area contributed by atoms with Crippen molar-refractivity contribution in [2.45, 2.75) is 26.7 Å². The molecule has 0 aromatic rings. The molecule has 6 heteroatoms. The lowest BCUT2D eigenvalue weighted by molar-refractivity contribution is -0.142. The second kappa shape index (κ2) is 5.73. The van der Waals surface area contributed by atoms with E-state index >= 15 is 0 Å². The number of Topliss-reactive ketones (excluding diaryl/α,β-unsaturated/α-hetero) is 2. The van der Waals surface area contributed by atoms with Crippen LogP contribution >= 0.6 is 11.9 Å². The van der Waals surface area contributed by atoms with Gasteiger partial charge in [-0.1, -0.05) is 13.8 Å². The maximum absolute atomic E-state index is 12.1. The first-order valence-electron chi connectivity index (χ1n) is 6.49. The van der Waals surface area contributed by atoms with Crippen molar-refractivity contribution in [3.8, 4) is 0 Å². The first kappa shape index (κ1) is 14.7. The van der Waals surface area contributed by atoms with Gasteiger partial charge in [0.2, 0.25) is 5.12 Å². The predicted octanol–water partition coefficient (Wildman–Crippen LogP) is 1.07. The molecule has 106 valence electrons. The summed E-state index contributed by atoms with van der Waals surface area (Å²) in [7, 11) is 0. The van der Waals surface area contributed by atoms with E-state index in [2.05, 4.69) is 0 Å². The molecule has 1 aliphatic heterocycles. The fourth-order valence-corrected chi connectivity index (χ4v) is 3.42. The van der Waals surface area contributed by atoms with Gasteiger partial charge in [-0.15, -0.1) is 0 Å². The molecule has 0 atom stereocenters. The van der Waals surface area contributed by atoms with Gasteiger partial charge >= 0.3 is 0 Å². The summed E-state index contributed by atoms with van der Waals surface area (Å²) in [6, 6.07) is 0. The Hall–Kier alpha value is -0.720. The number of nitrogens with zero attached hydrogens (tertiary/aromatic N) is 1. The molecule has 1 heterocycles. The number of ether oxygens (including phenoxy) is 1. The van der Waals surface area contributed by atoms with Crippen LogP contribution in [0, 0.1) is 11.3 Å². The van der Waals surface area contributed by atoms with Crippen molar-refractivity contribution in [1.29, 1.82) is 0 Å². The molecule has 0 aromatic carbocycles. The zero-order valence-electron chi connectivity index (χ0n) is 11.3. The highest BCUT2D eigenvalue weighted by Crippen LogP contribution is 2.36. The molecule has 1 saturated heterocycles. The number of rotatable bonds is 2. The fraction of sp³-hybridized carbons (Fsp3) is 0.769. The number of hydrogen-bond donors (Lipinski definition) is 0. The first-order valence-corrected chi connectivity index (χ1v) is 7.26. The molecule has 19 heavy (non-hydrogen) atoms. The molecule has 1 saturated carbocycles. The summed E-state index contributed by atoms with van der Waals surface area (Å²) in [5.74, 6) is -1.51. The highest BCUT2D eigenvalue weighted by Gasteiger charge is 2.44. The maximum Gasteiger partial charge on any atom is 0.221 e. The second-order valence-electron chi connectivity index (χ2n) is 5.84. The summed E-state index contributed by atoms with van der Waals surface area (Å²) in [5, 5.41) is -0.326. The maximum atomic E-state index is 12.1. The van der Waals surface area contributed by atoms with E-state index in [4.69, 9.17) is 4.74 Å². The van der Waals surface area contributed by atoms with Crippen LogP contribution in [0.25, 0.3) is 0 Å². The zero-order valence-corrected chi connectivity index (χ0v) is 12.1. The lowest BCUT2D eigenvalue weighted by atomic mass is 9.72. The van der Waals surface area contributed by atoms with Crippen LogP contribution in [-0.4, -0.2) is 47.3 Å². The summed E-state index contributed by atoms with van der Waals surface area (Å²) in [4.78, 5) is 36.1. The summed E-state index contributed by atoms with van der Waals surface area (Å²) < 4.78 is 7.06. The van der Waals surface area contributed by atoms with Gasteiger partial charge in [-0.3, -0.25) is 14.4 Å². The molecule has 2 fully saturated rings. The number of ketones is 2. The van der Waals surface area contributed by atoms with Gasteiger partial charge in [0.25, 0.3) is 0 Å². The highest BCUT2D eigenvalue weighted by molar-refractivity contribution is 8.11. The highest BCUT2D eigenvalue weighted by atomic mass is 32.2. The third kappa shape index (κ3) is 3.64. The predicted molar refractivity (Wildman–Crippen MR) is 71.5 cm³/mol. The minimum atomic E-state index is -1.05. The van der Waals surface area contributed by atoms with Crippen LogP contribution in [0.5, 0.6) is 0 Å². The second-order valence-corrected chi connectivity index (χ2v) is 6.94. The third-order valence-electron chi connectivity index (χ3n) is 3.37. The molecule has 0 spiro atoms. The van der Waals surface area contributed by atoms with Crippen molar-refractivity contribution in [2.75, 3.05) is 26.3 Å². The Morgan fingerprint density at radius 2 is 1.74 bits per heavy atom. The minimum absolute atomic E-state index is 0.230. The molecule has 0 amide bonds. The van der Waals surface area contributed by atoms with Crippen LogP contribution in [0.4, 0.5) is 0 Å². The fourth-order valence-electron chi connectivity index (χ4n) is 2.47. The molecule has 2 aliphatic rings. The Morgan fingerprint density at radius 3 is 2.26 bits per heavy atom. The van der Waals surface area contributed by atoms with Crippen molar-refractivity contribution in [1.82, 2.24) is 4.31 Å². The minimum Gasteiger partial charge on any atom is -0.379 e. The molecular formula is C13H19NO4S. The molecule has 0 unspecified atom stereocenters. The van der Waals surface area contributed by atoms with E-state index in [1.54, 1.807) is 0 Å². The third-order valence-corrected chi connectivity index (χ3v) is 4.41. The van der Waals surface area contributed by atoms with Gasteiger partial charge in [-0.05, 0) is 17.4 Å². The average Bonchev–Trinajstić information content (AvgIpc) is 2.27. The van der Waals surface area contributed by atoms with E-state index in [0.29, 0.717) is 39.1 Å². The number of morpholine rings is 1. The Bertz CT molecular complexity index is 381. The molecular weight excluding hydrogens is 266 g/mol. The normalized spacial score (nSPS) is 25.6. The van der Waals surface area contributed by atoms with E-state index in [1.807, 2.05) is 18.2 Å². The summed E-state index contributed by atoms with van der Waals surface area (Å²) >= 11 is 1.01. The quantitative estimate of drug-likeness (QED) is 0.558. The Labute approximate surface area is 117 Å². The van der Waals surface area contributed by atoms with Crippen LogP contribution in [0.15, 0.2) is 0 Å². The Balaban J connectivity index is 1.98. The van der Waals surface area contributed by atoms with Gasteiger partial charge in [-0.25, -0.2) is 4.31 Å². The molecule has 0 N–H and O–H groups in total. The topological polar surface area (TPSA) is 63.7 Å². The first-order chi connectivity index (χ1) is 8.89. The summed E-state index contributed by atoms with van der Waals surface area (Å²) in [5.41, 5.74) is -0.311. The van der Waals surface area contributed by atoms with Crippen molar-refractivity contribution < 1.29 is 19.1 Å². The van der Waals surface area contributed by atoms with E-state index in [9.17, 15) is 14.4 Å². The van der Waals surface area contributed by atoms with E-state index in [-0.39, 0.29) is 22.1 Å². The van der Waals surface area contributed by atoms with Crippen LogP contribution in [-0.2, 0) is 19.1 Å².